The zero-order chi connectivity index (χ0) is 14.8. The number of hydrogen-bond acceptors (Lipinski definition) is 3. The first-order valence-corrected chi connectivity index (χ1v) is 7.60. The van der Waals surface area contributed by atoms with Gasteiger partial charge in [-0.3, -0.25) is 0 Å². The van der Waals surface area contributed by atoms with Gasteiger partial charge in [0, 0.05) is 23.5 Å². The van der Waals surface area contributed by atoms with Crippen LogP contribution in [0.25, 0.3) is 0 Å². The van der Waals surface area contributed by atoms with Crippen molar-refractivity contribution in [2.24, 2.45) is 0 Å². The van der Waals surface area contributed by atoms with Gasteiger partial charge in [-0.1, -0.05) is 28.1 Å². The highest BCUT2D eigenvalue weighted by Crippen LogP contribution is 2.25. The zero-order valence-electron chi connectivity index (χ0n) is 12.1. The normalized spacial score (nSPS) is 22.6. The fraction of sp³-hybridized carbons (Fsp3) is 0.533. The number of amides is 1. The van der Waals surface area contributed by atoms with Crippen LogP contribution in [-0.4, -0.2) is 30.8 Å². The number of rotatable bonds is 2. The second-order valence-corrected chi connectivity index (χ2v) is 6.99. The third kappa shape index (κ3) is 4.21. The predicted octanol–water partition coefficient (Wildman–Crippen LogP) is 3.03. The number of carbonyl (C=O) groups is 1. The van der Waals surface area contributed by atoms with Crippen LogP contribution < -0.4 is 10.6 Å². The van der Waals surface area contributed by atoms with Crippen molar-refractivity contribution in [1.82, 2.24) is 10.6 Å². The maximum Gasteiger partial charge on any atom is 0.407 e. The summed E-state index contributed by atoms with van der Waals surface area (Å²) < 4.78 is 6.37. The SMILES string of the molecule is CC(C)(C)OC(=O)NC1CNCC1c1cccc(Br)c1. The molecule has 0 bridgehead atoms. The van der Waals surface area contributed by atoms with Crippen LogP contribution in [0.5, 0.6) is 0 Å². The van der Waals surface area contributed by atoms with E-state index in [-0.39, 0.29) is 18.1 Å². The van der Waals surface area contributed by atoms with Gasteiger partial charge < -0.3 is 15.4 Å². The van der Waals surface area contributed by atoms with E-state index in [0.29, 0.717) is 0 Å². The highest BCUT2D eigenvalue weighted by molar-refractivity contribution is 9.10. The van der Waals surface area contributed by atoms with Gasteiger partial charge >= 0.3 is 6.09 Å². The lowest BCUT2D eigenvalue weighted by atomic mass is 9.94. The Morgan fingerprint density at radius 2 is 2.15 bits per heavy atom. The quantitative estimate of drug-likeness (QED) is 0.869. The summed E-state index contributed by atoms with van der Waals surface area (Å²) in [4.78, 5) is 11.9. The smallest absolute Gasteiger partial charge is 0.407 e. The molecule has 0 aliphatic carbocycles. The van der Waals surface area contributed by atoms with Crippen molar-refractivity contribution in [2.45, 2.75) is 38.3 Å². The van der Waals surface area contributed by atoms with Crippen molar-refractivity contribution in [1.29, 1.82) is 0 Å². The summed E-state index contributed by atoms with van der Waals surface area (Å²) in [5.74, 6) is 0.264. The summed E-state index contributed by atoms with van der Waals surface area (Å²) in [7, 11) is 0. The molecule has 2 atom stereocenters. The van der Waals surface area contributed by atoms with E-state index < -0.39 is 5.60 Å². The van der Waals surface area contributed by atoms with Crippen LogP contribution in [0.2, 0.25) is 0 Å². The summed E-state index contributed by atoms with van der Waals surface area (Å²) in [6, 6.07) is 8.26. The molecule has 0 spiro atoms. The first-order chi connectivity index (χ1) is 9.35. The van der Waals surface area contributed by atoms with E-state index in [0.717, 1.165) is 17.6 Å². The molecule has 1 amide bonds. The maximum absolute atomic E-state index is 11.9. The lowest BCUT2D eigenvalue weighted by molar-refractivity contribution is 0.0504. The van der Waals surface area contributed by atoms with Gasteiger partial charge in [-0.2, -0.15) is 0 Å². The summed E-state index contributed by atoms with van der Waals surface area (Å²) in [5, 5.41) is 6.29. The van der Waals surface area contributed by atoms with E-state index in [2.05, 4.69) is 38.7 Å². The Balaban J connectivity index is 2.03. The number of alkyl carbamates (subject to hydrolysis) is 1. The van der Waals surface area contributed by atoms with Gasteiger partial charge in [-0.15, -0.1) is 0 Å². The molecule has 1 fully saturated rings. The van der Waals surface area contributed by atoms with E-state index in [1.54, 1.807) is 0 Å². The molecule has 1 aliphatic heterocycles. The summed E-state index contributed by atoms with van der Waals surface area (Å²) in [6.07, 6.45) is -0.355. The van der Waals surface area contributed by atoms with Crippen LogP contribution >= 0.6 is 15.9 Å². The van der Waals surface area contributed by atoms with Crippen LogP contribution in [0, 0.1) is 0 Å². The Labute approximate surface area is 128 Å². The van der Waals surface area contributed by atoms with E-state index in [4.69, 9.17) is 4.74 Å². The van der Waals surface area contributed by atoms with E-state index in [9.17, 15) is 4.79 Å². The number of nitrogens with one attached hydrogen (secondary N) is 2. The molecule has 2 unspecified atom stereocenters. The van der Waals surface area contributed by atoms with Gasteiger partial charge in [-0.05, 0) is 38.5 Å². The third-order valence-corrected chi connectivity index (χ3v) is 3.69. The molecule has 2 N–H and O–H groups in total. The Hall–Kier alpha value is -1.07. The molecule has 1 aliphatic rings. The van der Waals surface area contributed by atoms with Gasteiger partial charge in [0.15, 0.2) is 0 Å². The minimum Gasteiger partial charge on any atom is -0.444 e. The molecule has 1 saturated heterocycles. The average molecular weight is 341 g/mol. The fourth-order valence-electron chi connectivity index (χ4n) is 2.38. The van der Waals surface area contributed by atoms with Crippen molar-refractivity contribution in [2.75, 3.05) is 13.1 Å². The number of hydrogen-bond donors (Lipinski definition) is 2. The van der Waals surface area contributed by atoms with Gasteiger partial charge in [0.1, 0.15) is 5.60 Å². The zero-order valence-corrected chi connectivity index (χ0v) is 13.7. The highest BCUT2D eigenvalue weighted by atomic mass is 79.9. The molecule has 110 valence electrons. The Morgan fingerprint density at radius 1 is 1.40 bits per heavy atom. The number of benzene rings is 1. The van der Waals surface area contributed by atoms with E-state index in [1.165, 1.54) is 5.56 Å². The van der Waals surface area contributed by atoms with Gasteiger partial charge in [-0.25, -0.2) is 4.79 Å². The molecule has 0 saturated carbocycles. The van der Waals surface area contributed by atoms with Gasteiger partial charge in [0.25, 0.3) is 0 Å². The molecule has 5 heteroatoms. The van der Waals surface area contributed by atoms with Crippen LogP contribution in [0.1, 0.15) is 32.3 Å². The van der Waals surface area contributed by atoms with Crippen LogP contribution in [0.3, 0.4) is 0 Å². The molecule has 1 aromatic rings. The van der Waals surface area contributed by atoms with Crippen molar-refractivity contribution in [3.63, 3.8) is 0 Å². The van der Waals surface area contributed by atoms with Crippen LogP contribution in [-0.2, 0) is 4.74 Å². The van der Waals surface area contributed by atoms with Crippen LogP contribution in [0.4, 0.5) is 4.79 Å². The number of halogens is 1. The molecule has 1 heterocycles. The molecular formula is C15H21BrN2O2. The molecule has 2 rings (SSSR count). The van der Waals surface area contributed by atoms with Crippen molar-refractivity contribution in [3.8, 4) is 0 Å². The first kappa shape index (κ1) is 15.3. The third-order valence-electron chi connectivity index (χ3n) is 3.19. The Kier molecular flexibility index (Phi) is 4.70. The van der Waals surface area contributed by atoms with E-state index >= 15 is 0 Å². The summed E-state index contributed by atoms with van der Waals surface area (Å²) >= 11 is 3.49. The molecule has 4 nitrogen and oxygen atoms in total. The monoisotopic (exact) mass is 340 g/mol. The minimum absolute atomic E-state index is 0.0548. The molecule has 0 aromatic heterocycles. The first-order valence-electron chi connectivity index (χ1n) is 6.81. The number of ether oxygens (including phenoxy) is 1. The molecule has 0 radical (unpaired) electrons. The Bertz CT molecular complexity index is 485. The highest BCUT2D eigenvalue weighted by Gasteiger charge is 2.31. The maximum atomic E-state index is 11.9. The minimum atomic E-state index is -0.471. The van der Waals surface area contributed by atoms with Gasteiger partial charge in [0.05, 0.1) is 6.04 Å². The lowest BCUT2D eigenvalue weighted by Gasteiger charge is -2.24. The summed E-state index contributed by atoms with van der Waals surface area (Å²) in [6.45, 7) is 7.22. The second-order valence-electron chi connectivity index (χ2n) is 6.07. The molecule has 20 heavy (non-hydrogen) atoms. The van der Waals surface area contributed by atoms with E-state index in [1.807, 2.05) is 32.9 Å². The van der Waals surface area contributed by atoms with Crippen molar-refractivity contribution < 1.29 is 9.53 Å². The fourth-order valence-corrected chi connectivity index (χ4v) is 2.79. The second kappa shape index (κ2) is 6.14. The van der Waals surface area contributed by atoms with Gasteiger partial charge in [0.2, 0.25) is 0 Å². The van der Waals surface area contributed by atoms with Crippen molar-refractivity contribution in [3.05, 3.63) is 34.3 Å². The molecule has 1 aromatic carbocycles. The standard InChI is InChI=1S/C15H21BrN2O2/c1-15(2,3)20-14(19)18-13-9-17-8-12(13)10-5-4-6-11(16)7-10/h4-7,12-13,17H,8-9H2,1-3H3,(H,18,19). The largest absolute Gasteiger partial charge is 0.444 e. The topological polar surface area (TPSA) is 50.4 Å². The van der Waals surface area contributed by atoms with Crippen molar-refractivity contribution >= 4 is 22.0 Å². The van der Waals surface area contributed by atoms with Crippen LogP contribution in [0.15, 0.2) is 28.7 Å². The Morgan fingerprint density at radius 3 is 2.80 bits per heavy atom. The summed E-state index contributed by atoms with van der Waals surface area (Å²) in [5.41, 5.74) is 0.743. The number of carbonyl (C=O) groups excluding carboxylic acids is 1. The lowest BCUT2D eigenvalue weighted by Crippen LogP contribution is -2.42. The molecular weight excluding hydrogens is 320 g/mol. The average Bonchev–Trinajstić information content (AvgIpc) is 2.74. The predicted molar refractivity (Wildman–Crippen MR) is 82.9 cm³/mol.